The summed E-state index contributed by atoms with van der Waals surface area (Å²) in [6, 6.07) is -0.544. The fourth-order valence-electron chi connectivity index (χ4n) is 1.87. The van der Waals surface area contributed by atoms with Gasteiger partial charge in [-0.2, -0.15) is 13.2 Å². The van der Waals surface area contributed by atoms with Gasteiger partial charge in [-0.25, -0.2) is 0 Å². The molecule has 0 aromatic carbocycles. The molecule has 1 rings (SSSR count). The van der Waals surface area contributed by atoms with Gasteiger partial charge < -0.3 is 10.4 Å². The first-order chi connectivity index (χ1) is 6.95. The number of carbonyl (C=O) groups is 1. The maximum Gasteiger partial charge on any atom is 0.471 e. The molecule has 2 atom stereocenters. The average Bonchev–Trinajstić information content (AvgIpc) is 2.17. The molecule has 0 aromatic rings. The zero-order chi connectivity index (χ0) is 11.5. The Kier molecular flexibility index (Phi) is 3.96. The topological polar surface area (TPSA) is 49.3 Å². The summed E-state index contributed by atoms with van der Waals surface area (Å²) in [5.41, 5.74) is 0. The number of amides is 1. The molecule has 0 saturated heterocycles. The van der Waals surface area contributed by atoms with Gasteiger partial charge in [0.05, 0.1) is 0 Å². The first-order valence-corrected chi connectivity index (χ1v) is 4.93. The minimum atomic E-state index is -4.84. The van der Waals surface area contributed by atoms with Gasteiger partial charge >= 0.3 is 12.1 Å². The second-order valence-electron chi connectivity index (χ2n) is 3.80. The Labute approximate surface area is 85.7 Å². The smallest absolute Gasteiger partial charge is 0.396 e. The van der Waals surface area contributed by atoms with Gasteiger partial charge in [0.25, 0.3) is 0 Å². The SMILES string of the molecule is O=C(NC1CCCCC1CO)C(F)(F)F. The van der Waals surface area contributed by atoms with Crippen LogP contribution in [0.25, 0.3) is 0 Å². The van der Waals surface area contributed by atoms with Crippen LogP contribution in [0.1, 0.15) is 25.7 Å². The fourth-order valence-corrected chi connectivity index (χ4v) is 1.87. The molecule has 1 aliphatic carbocycles. The Morgan fingerprint density at radius 3 is 2.47 bits per heavy atom. The minimum Gasteiger partial charge on any atom is -0.396 e. The van der Waals surface area contributed by atoms with Gasteiger partial charge in [-0.3, -0.25) is 4.79 Å². The number of hydrogen-bond donors (Lipinski definition) is 2. The van der Waals surface area contributed by atoms with Crippen molar-refractivity contribution in [2.24, 2.45) is 5.92 Å². The number of aliphatic hydroxyl groups is 1. The van der Waals surface area contributed by atoms with Crippen LogP contribution in [0.3, 0.4) is 0 Å². The van der Waals surface area contributed by atoms with Crippen LogP contribution in [0, 0.1) is 5.92 Å². The van der Waals surface area contributed by atoms with Crippen molar-refractivity contribution in [1.29, 1.82) is 0 Å². The second kappa shape index (κ2) is 4.83. The molecule has 2 N–H and O–H groups in total. The van der Waals surface area contributed by atoms with Crippen LogP contribution in [0.4, 0.5) is 13.2 Å². The van der Waals surface area contributed by atoms with Crippen LogP contribution in [0.5, 0.6) is 0 Å². The van der Waals surface area contributed by atoms with Crippen molar-refractivity contribution in [2.45, 2.75) is 37.9 Å². The number of nitrogens with one attached hydrogen (secondary N) is 1. The number of rotatable bonds is 2. The molecule has 6 heteroatoms. The molecule has 0 aromatic heterocycles. The Balaban J connectivity index is 2.52. The van der Waals surface area contributed by atoms with Crippen LogP contribution >= 0.6 is 0 Å². The van der Waals surface area contributed by atoms with Crippen LogP contribution < -0.4 is 5.32 Å². The third-order valence-corrected chi connectivity index (χ3v) is 2.72. The third kappa shape index (κ3) is 3.37. The highest BCUT2D eigenvalue weighted by Crippen LogP contribution is 2.25. The molecule has 15 heavy (non-hydrogen) atoms. The van der Waals surface area contributed by atoms with E-state index in [9.17, 15) is 18.0 Å². The maximum absolute atomic E-state index is 12.0. The van der Waals surface area contributed by atoms with Gasteiger partial charge in [-0.15, -0.1) is 0 Å². The second-order valence-corrected chi connectivity index (χ2v) is 3.80. The van der Waals surface area contributed by atoms with Crippen molar-refractivity contribution < 1.29 is 23.1 Å². The number of halogens is 3. The lowest BCUT2D eigenvalue weighted by molar-refractivity contribution is -0.175. The van der Waals surface area contributed by atoms with E-state index in [1.807, 2.05) is 5.32 Å². The molecule has 3 nitrogen and oxygen atoms in total. The molecule has 0 radical (unpaired) electrons. The number of carbonyl (C=O) groups excluding carboxylic acids is 1. The van der Waals surface area contributed by atoms with Crippen LogP contribution in [0.2, 0.25) is 0 Å². The summed E-state index contributed by atoms with van der Waals surface area (Å²) in [5.74, 6) is -2.15. The number of alkyl halides is 3. The summed E-state index contributed by atoms with van der Waals surface area (Å²) in [5, 5.41) is 10.9. The first kappa shape index (κ1) is 12.3. The largest absolute Gasteiger partial charge is 0.471 e. The van der Waals surface area contributed by atoms with E-state index in [4.69, 9.17) is 5.11 Å². The molecule has 0 heterocycles. The summed E-state index contributed by atoms with van der Waals surface area (Å²) < 4.78 is 35.9. The quantitative estimate of drug-likeness (QED) is 0.742. The molecule has 0 spiro atoms. The van der Waals surface area contributed by atoms with Crippen molar-refractivity contribution in [3.8, 4) is 0 Å². The third-order valence-electron chi connectivity index (χ3n) is 2.72. The molecule has 88 valence electrons. The van der Waals surface area contributed by atoms with Crippen LogP contribution in [-0.4, -0.2) is 29.8 Å². The minimum absolute atomic E-state index is 0.178. The normalized spacial score (nSPS) is 27.5. The summed E-state index contributed by atoms with van der Waals surface area (Å²) >= 11 is 0. The van der Waals surface area contributed by atoms with Gasteiger partial charge in [0, 0.05) is 18.6 Å². The van der Waals surface area contributed by atoms with Crippen molar-refractivity contribution in [3.05, 3.63) is 0 Å². The molecular formula is C9H14F3NO2. The molecule has 0 bridgehead atoms. The maximum atomic E-state index is 12.0. The zero-order valence-corrected chi connectivity index (χ0v) is 8.18. The van der Waals surface area contributed by atoms with E-state index in [2.05, 4.69) is 0 Å². The van der Waals surface area contributed by atoms with Gasteiger partial charge in [0.1, 0.15) is 0 Å². The molecule has 1 aliphatic rings. The number of hydrogen-bond acceptors (Lipinski definition) is 2. The lowest BCUT2D eigenvalue weighted by Gasteiger charge is -2.30. The highest BCUT2D eigenvalue weighted by molar-refractivity contribution is 5.81. The molecule has 1 saturated carbocycles. The Bertz CT molecular complexity index is 230. The molecule has 1 amide bonds. The van der Waals surface area contributed by atoms with Crippen LogP contribution in [-0.2, 0) is 4.79 Å². The Morgan fingerprint density at radius 2 is 1.93 bits per heavy atom. The van der Waals surface area contributed by atoms with Gasteiger partial charge in [-0.05, 0) is 12.8 Å². The highest BCUT2D eigenvalue weighted by Gasteiger charge is 2.41. The van der Waals surface area contributed by atoms with E-state index in [0.717, 1.165) is 12.8 Å². The zero-order valence-electron chi connectivity index (χ0n) is 8.18. The molecular weight excluding hydrogens is 211 g/mol. The fraction of sp³-hybridized carbons (Fsp3) is 0.889. The van der Waals surface area contributed by atoms with E-state index >= 15 is 0 Å². The molecule has 1 fully saturated rings. The molecule has 0 aliphatic heterocycles. The van der Waals surface area contributed by atoms with E-state index in [1.54, 1.807) is 0 Å². The standard InChI is InChI=1S/C9H14F3NO2/c10-9(11,12)8(15)13-7-4-2-1-3-6(7)5-14/h6-7,14H,1-5H2,(H,13,15). The van der Waals surface area contributed by atoms with Crippen molar-refractivity contribution in [2.75, 3.05) is 6.61 Å². The lowest BCUT2D eigenvalue weighted by Crippen LogP contribution is -2.48. The number of aliphatic hydroxyl groups excluding tert-OH is 1. The van der Waals surface area contributed by atoms with Crippen molar-refractivity contribution in [1.82, 2.24) is 5.32 Å². The van der Waals surface area contributed by atoms with Gasteiger partial charge in [0.2, 0.25) is 0 Å². The summed E-state index contributed by atoms with van der Waals surface area (Å²) in [4.78, 5) is 10.7. The van der Waals surface area contributed by atoms with Crippen LogP contribution in [0.15, 0.2) is 0 Å². The van der Waals surface area contributed by atoms with E-state index in [-0.39, 0.29) is 12.5 Å². The Hall–Kier alpha value is -0.780. The first-order valence-electron chi connectivity index (χ1n) is 4.93. The summed E-state index contributed by atoms with van der Waals surface area (Å²) in [6.07, 6.45) is -1.98. The Morgan fingerprint density at radius 1 is 1.33 bits per heavy atom. The van der Waals surface area contributed by atoms with Crippen molar-refractivity contribution >= 4 is 5.91 Å². The monoisotopic (exact) mass is 225 g/mol. The highest BCUT2D eigenvalue weighted by atomic mass is 19.4. The summed E-state index contributed by atoms with van der Waals surface area (Å²) in [6.45, 7) is -0.178. The lowest BCUT2D eigenvalue weighted by atomic mass is 9.85. The van der Waals surface area contributed by atoms with E-state index in [0.29, 0.717) is 12.8 Å². The van der Waals surface area contributed by atoms with Crippen molar-refractivity contribution in [3.63, 3.8) is 0 Å². The molecule has 2 unspecified atom stereocenters. The predicted octanol–water partition coefficient (Wildman–Crippen LogP) is 1.22. The van der Waals surface area contributed by atoms with Gasteiger partial charge in [0.15, 0.2) is 0 Å². The average molecular weight is 225 g/mol. The van der Waals surface area contributed by atoms with E-state index < -0.39 is 18.1 Å². The predicted molar refractivity (Wildman–Crippen MR) is 47.0 cm³/mol. The van der Waals surface area contributed by atoms with E-state index in [1.165, 1.54) is 0 Å². The van der Waals surface area contributed by atoms with Gasteiger partial charge in [-0.1, -0.05) is 12.8 Å². The summed E-state index contributed by atoms with van der Waals surface area (Å²) in [7, 11) is 0.